The summed E-state index contributed by atoms with van der Waals surface area (Å²) in [4.78, 5) is 10.9. The van der Waals surface area contributed by atoms with E-state index in [1.165, 1.54) is 7.11 Å². The molecule has 4 nitrogen and oxygen atoms in total. The molecule has 0 aliphatic rings. The van der Waals surface area contributed by atoms with Gasteiger partial charge < -0.3 is 14.3 Å². The zero-order valence-electron chi connectivity index (χ0n) is 9.03. The number of aliphatic hydroxyl groups excluding tert-OH is 1. The number of esters is 1. The van der Waals surface area contributed by atoms with Crippen molar-refractivity contribution in [1.82, 2.24) is 0 Å². The van der Waals surface area contributed by atoms with Crippen molar-refractivity contribution < 1.29 is 19.1 Å². The fourth-order valence-electron chi connectivity index (χ4n) is 1.51. The summed E-state index contributed by atoms with van der Waals surface area (Å²) in [6, 6.07) is 1.83. The van der Waals surface area contributed by atoms with E-state index >= 15 is 0 Å². The minimum absolute atomic E-state index is 0.106. The quantitative estimate of drug-likeness (QED) is 0.756. The molecule has 0 amide bonds. The van der Waals surface area contributed by atoms with E-state index in [0.29, 0.717) is 18.6 Å². The molecular weight excluding hydrogens is 196 g/mol. The molecule has 1 unspecified atom stereocenters. The highest BCUT2D eigenvalue weighted by atomic mass is 16.5. The maximum atomic E-state index is 10.9. The van der Waals surface area contributed by atoms with E-state index in [2.05, 4.69) is 4.74 Å². The Morgan fingerprint density at radius 1 is 1.67 bits per heavy atom. The Labute approximate surface area is 88.8 Å². The minimum Gasteiger partial charge on any atom is -0.469 e. The van der Waals surface area contributed by atoms with Gasteiger partial charge in [0.25, 0.3) is 0 Å². The lowest BCUT2D eigenvalue weighted by Crippen LogP contribution is -2.04. The maximum absolute atomic E-state index is 10.9. The third kappa shape index (κ3) is 3.09. The van der Waals surface area contributed by atoms with Crippen LogP contribution >= 0.6 is 0 Å². The molecule has 0 spiro atoms. The molecular formula is C11H16O4. The van der Waals surface area contributed by atoms with Crippen molar-refractivity contribution in [3.63, 3.8) is 0 Å². The molecule has 0 saturated carbocycles. The molecule has 0 radical (unpaired) electrons. The standard InChI is InChI=1S/C11H16O4/c1-8(3-4-11(13)14-2)9-5-6-15-10(9)7-12/h5-6,8,12H,3-4,7H2,1-2H3. The normalized spacial score (nSPS) is 12.5. The van der Waals surface area contributed by atoms with E-state index in [1.54, 1.807) is 6.26 Å². The molecule has 1 heterocycles. The Balaban J connectivity index is 2.53. The lowest BCUT2D eigenvalue weighted by molar-refractivity contribution is -0.140. The number of furan rings is 1. The molecule has 0 fully saturated rings. The Morgan fingerprint density at radius 2 is 2.40 bits per heavy atom. The maximum Gasteiger partial charge on any atom is 0.305 e. The van der Waals surface area contributed by atoms with Gasteiger partial charge in [0.15, 0.2) is 0 Å². The summed E-state index contributed by atoms with van der Waals surface area (Å²) in [5.74, 6) is 0.549. The van der Waals surface area contributed by atoms with Crippen LogP contribution in [0.2, 0.25) is 0 Å². The number of hydrogen-bond donors (Lipinski definition) is 1. The Bertz CT molecular complexity index is 316. The van der Waals surface area contributed by atoms with E-state index in [0.717, 1.165) is 5.56 Å². The minimum atomic E-state index is -0.212. The van der Waals surface area contributed by atoms with Gasteiger partial charge in [-0.2, -0.15) is 0 Å². The van der Waals surface area contributed by atoms with E-state index in [4.69, 9.17) is 9.52 Å². The smallest absolute Gasteiger partial charge is 0.305 e. The topological polar surface area (TPSA) is 59.7 Å². The van der Waals surface area contributed by atoms with Gasteiger partial charge in [-0.3, -0.25) is 4.79 Å². The summed E-state index contributed by atoms with van der Waals surface area (Å²) >= 11 is 0. The summed E-state index contributed by atoms with van der Waals surface area (Å²) in [5.41, 5.74) is 0.960. The van der Waals surface area contributed by atoms with Crippen LogP contribution in [0.4, 0.5) is 0 Å². The average molecular weight is 212 g/mol. The Morgan fingerprint density at radius 3 is 3.00 bits per heavy atom. The number of methoxy groups -OCH3 is 1. The second-order valence-electron chi connectivity index (χ2n) is 3.47. The Hall–Kier alpha value is -1.29. The number of hydrogen-bond acceptors (Lipinski definition) is 4. The van der Waals surface area contributed by atoms with E-state index < -0.39 is 0 Å². The molecule has 84 valence electrons. The van der Waals surface area contributed by atoms with Gasteiger partial charge >= 0.3 is 5.97 Å². The summed E-state index contributed by atoms with van der Waals surface area (Å²) in [5, 5.41) is 8.99. The molecule has 0 bridgehead atoms. The molecule has 15 heavy (non-hydrogen) atoms. The first-order valence-electron chi connectivity index (χ1n) is 4.93. The highest BCUT2D eigenvalue weighted by molar-refractivity contribution is 5.69. The van der Waals surface area contributed by atoms with Crippen LogP contribution in [0.3, 0.4) is 0 Å². The second kappa shape index (κ2) is 5.56. The lowest BCUT2D eigenvalue weighted by atomic mass is 9.97. The van der Waals surface area contributed by atoms with Gasteiger partial charge in [0.2, 0.25) is 0 Å². The number of ether oxygens (including phenoxy) is 1. The summed E-state index contributed by atoms with van der Waals surface area (Å²) in [6.45, 7) is 1.89. The predicted octanol–water partition coefficient (Wildman–Crippen LogP) is 1.83. The van der Waals surface area contributed by atoms with Crippen LogP contribution in [0, 0.1) is 0 Å². The van der Waals surface area contributed by atoms with Gasteiger partial charge in [-0.05, 0) is 24.0 Å². The van der Waals surface area contributed by atoms with Crippen LogP contribution in [-0.2, 0) is 16.1 Å². The number of carbonyl (C=O) groups excluding carboxylic acids is 1. The second-order valence-corrected chi connectivity index (χ2v) is 3.47. The van der Waals surface area contributed by atoms with E-state index in [1.807, 2.05) is 13.0 Å². The van der Waals surface area contributed by atoms with Crippen LogP contribution in [0.1, 0.15) is 37.0 Å². The third-order valence-corrected chi connectivity index (χ3v) is 2.46. The number of carbonyl (C=O) groups is 1. The zero-order chi connectivity index (χ0) is 11.3. The van der Waals surface area contributed by atoms with Crippen molar-refractivity contribution >= 4 is 5.97 Å². The highest BCUT2D eigenvalue weighted by Crippen LogP contribution is 2.25. The first-order chi connectivity index (χ1) is 7.19. The predicted molar refractivity (Wildman–Crippen MR) is 54.3 cm³/mol. The third-order valence-electron chi connectivity index (χ3n) is 2.46. The van der Waals surface area contributed by atoms with Crippen LogP contribution in [0.5, 0.6) is 0 Å². The van der Waals surface area contributed by atoms with Crippen molar-refractivity contribution in [2.45, 2.75) is 32.3 Å². The Kier molecular flexibility index (Phi) is 4.37. The van der Waals surface area contributed by atoms with Gasteiger partial charge in [0, 0.05) is 6.42 Å². The largest absolute Gasteiger partial charge is 0.469 e. The average Bonchev–Trinajstić information content (AvgIpc) is 2.73. The van der Waals surface area contributed by atoms with Crippen LogP contribution in [-0.4, -0.2) is 18.2 Å². The SMILES string of the molecule is COC(=O)CCC(C)c1ccoc1CO. The van der Waals surface area contributed by atoms with Crippen LogP contribution < -0.4 is 0 Å². The molecule has 0 aliphatic carbocycles. The van der Waals surface area contributed by atoms with E-state index in [-0.39, 0.29) is 18.5 Å². The van der Waals surface area contributed by atoms with Gasteiger partial charge in [-0.1, -0.05) is 6.92 Å². The highest BCUT2D eigenvalue weighted by Gasteiger charge is 2.14. The molecule has 1 N–H and O–H groups in total. The molecule has 1 rings (SSSR count). The van der Waals surface area contributed by atoms with E-state index in [9.17, 15) is 4.79 Å². The first-order valence-corrected chi connectivity index (χ1v) is 4.93. The molecule has 0 saturated heterocycles. The zero-order valence-corrected chi connectivity index (χ0v) is 9.03. The van der Waals surface area contributed by atoms with Crippen molar-refractivity contribution in [2.24, 2.45) is 0 Å². The molecule has 1 aromatic rings. The lowest BCUT2D eigenvalue weighted by Gasteiger charge is -2.09. The molecule has 1 aromatic heterocycles. The molecule has 0 aromatic carbocycles. The van der Waals surface area contributed by atoms with Gasteiger partial charge in [0.1, 0.15) is 12.4 Å². The van der Waals surface area contributed by atoms with Crippen molar-refractivity contribution in [2.75, 3.05) is 7.11 Å². The monoisotopic (exact) mass is 212 g/mol. The summed E-state index contributed by atoms with van der Waals surface area (Å²) in [7, 11) is 1.38. The molecule has 1 atom stereocenters. The van der Waals surface area contributed by atoms with Gasteiger partial charge in [-0.15, -0.1) is 0 Å². The molecule has 4 heteroatoms. The number of aliphatic hydroxyl groups is 1. The fraction of sp³-hybridized carbons (Fsp3) is 0.545. The summed E-state index contributed by atoms with van der Waals surface area (Å²) in [6.07, 6.45) is 2.63. The van der Waals surface area contributed by atoms with Crippen molar-refractivity contribution in [3.05, 3.63) is 23.7 Å². The van der Waals surface area contributed by atoms with Crippen LogP contribution in [0.25, 0.3) is 0 Å². The van der Waals surface area contributed by atoms with Gasteiger partial charge in [0.05, 0.1) is 13.4 Å². The van der Waals surface area contributed by atoms with Crippen molar-refractivity contribution in [1.29, 1.82) is 0 Å². The fourth-order valence-corrected chi connectivity index (χ4v) is 1.51. The molecule has 0 aliphatic heterocycles. The van der Waals surface area contributed by atoms with Crippen molar-refractivity contribution in [3.8, 4) is 0 Å². The van der Waals surface area contributed by atoms with Crippen LogP contribution in [0.15, 0.2) is 16.7 Å². The summed E-state index contributed by atoms with van der Waals surface area (Å²) < 4.78 is 9.66. The van der Waals surface area contributed by atoms with Gasteiger partial charge in [-0.25, -0.2) is 0 Å². The first kappa shape index (κ1) is 11.8. The number of rotatable bonds is 5.